The van der Waals surface area contributed by atoms with Crippen LogP contribution in [0.2, 0.25) is 4.34 Å². The van der Waals surface area contributed by atoms with Crippen LogP contribution in [0.4, 0.5) is 0 Å². The van der Waals surface area contributed by atoms with E-state index in [1.807, 2.05) is 4.90 Å². The Balaban J connectivity index is 1.90. The highest BCUT2D eigenvalue weighted by Gasteiger charge is 2.26. The van der Waals surface area contributed by atoms with E-state index < -0.39 is 0 Å². The predicted molar refractivity (Wildman–Crippen MR) is 56.1 cm³/mol. The average molecular weight is 232 g/mol. The molecule has 1 saturated heterocycles. The van der Waals surface area contributed by atoms with E-state index in [2.05, 4.69) is 0 Å². The molecule has 0 bridgehead atoms. The standard InChI is InChI=1S/C9H10ClNO2S/c10-9-2-1-8(14-9)7(13)5-11-3-6(12)4-11/h1-2,6,12H,3-5H2. The highest BCUT2D eigenvalue weighted by atomic mass is 35.5. The summed E-state index contributed by atoms with van der Waals surface area (Å²) in [7, 11) is 0. The third-order valence-electron chi connectivity index (χ3n) is 2.15. The average Bonchev–Trinajstić information content (AvgIpc) is 2.49. The topological polar surface area (TPSA) is 40.5 Å². The number of carbonyl (C=O) groups is 1. The highest BCUT2D eigenvalue weighted by molar-refractivity contribution is 7.18. The smallest absolute Gasteiger partial charge is 0.186 e. The van der Waals surface area contributed by atoms with Crippen molar-refractivity contribution in [3.63, 3.8) is 0 Å². The quantitative estimate of drug-likeness (QED) is 0.797. The van der Waals surface area contributed by atoms with E-state index in [9.17, 15) is 4.79 Å². The first-order chi connectivity index (χ1) is 6.65. The zero-order valence-electron chi connectivity index (χ0n) is 7.44. The molecule has 0 radical (unpaired) electrons. The number of aliphatic hydroxyl groups is 1. The van der Waals surface area contributed by atoms with E-state index in [1.165, 1.54) is 11.3 Å². The number of β-amino-alcohol motifs (C(OH)–C–C–N with tert-alkyl or cyclic N) is 1. The largest absolute Gasteiger partial charge is 0.390 e. The first kappa shape index (κ1) is 10.1. The highest BCUT2D eigenvalue weighted by Crippen LogP contribution is 2.22. The van der Waals surface area contributed by atoms with Crippen LogP contribution in [0.25, 0.3) is 0 Å². The molecule has 2 heterocycles. The van der Waals surface area contributed by atoms with Crippen molar-refractivity contribution in [3.8, 4) is 0 Å². The number of likely N-dealkylation sites (tertiary alicyclic amines) is 1. The Labute approximate surface area is 90.9 Å². The summed E-state index contributed by atoms with van der Waals surface area (Å²) in [5.41, 5.74) is 0. The molecule has 2 rings (SSSR count). The third kappa shape index (κ3) is 2.15. The molecule has 76 valence electrons. The summed E-state index contributed by atoms with van der Waals surface area (Å²) in [5.74, 6) is 0.0776. The zero-order valence-corrected chi connectivity index (χ0v) is 9.01. The maximum atomic E-state index is 11.6. The Morgan fingerprint density at radius 3 is 2.86 bits per heavy atom. The lowest BCUT2D eigenvalue weighted by Gasteiger charge is -2.34. The summed E-state index contributed by atoms with van der Waals surface area (Å²) in [6.07, 6.45) is -0.255. The summed E-state index contributed by atoms with van der Waals surface area (Å²) >= 11 is 7.02. The monoisotopic (exact) mass is 231 g/mol. The van der Waals surface area contributed by atoms with Gasteiger partial charge in [0, 0.05) is 13.1 Å². The van der Waals surface area contributed by atoms with E-state index in [1.54, 1.807) is 12.1 Å². The molecule has 0 aromatic carbocycles. The Hall–Kier alpha value is -0.420. The second-order valence-corrected chi connectivity index (χ2v) is 5.09. The van der Waals surface area contributed by atoms with Gasteiger partial charge in [-0.05, 0) is 12.1 Å². The number of aliphatic hydroxyl groups excluding tert-OH is 1. The van der Waals surface area contributed by atoms with E-state index in [-0.39, 0.29) is 11.9 Å². The van der Waals surface area contributed by atoms with Crippen LogP contribution in [0.15, 0.2) is 12.1 Å². The van der Waals surface area contributed by atoms with Crippen molar-refractivity contribution in [2.24, 2.45) is 0 Å². The summed E-state index contributed by atoms with van der Waals surface area (Å²) in [6, 6.07) is 3.47. The number of hydrogen-bond donors (Lipinski definition) is 1. The molecule has 1 aliphatic heterocycles. The van der Waals surface area contributed by atoms with E-state index >= 15 is 0 Å². The maximum absolute atomic E-state index is 11.6. The lowest BCUT2D eigenvalue weighted by molar-refractivity contribution is 0.00523. The number of hydrogen-bond acceptors (Lipinski definition) is 4. The molecule has 1 aromatic rings. The molecular weight excluding hydrogens is 222 g/mol. The van der Waals surface area contributed by atoms with Crippen LogP contribution in [-0.4, -0.2) is 41.5 Å². The van der Waals surface area contributed by atoms with Gasteiger partial charge in [-0.1, -0.05) is 11.6 Å². The van der Waals surface area contributed by atoms with Crippen LogP contribution in [0, 0.1) is 0 Å². The predicted octanol–water partition coefficient (Wildman–Crippen LogP) is 1.26. The van der Waals surface area contributed by atoms with Crippen molar-refractivity contribution >= 4 is 28.7 Å². The maximum Gasteiger partial charge on any atom is 0.186 e. The Bertz CT molecular complexity index is 346. The molecule has 0 unspecified atom stereocenters. The number of nitrogens with zero attached hydrogens (tertiary/aromatic N) is 1. The Kier molecular flexibility index (Phi) is 2.88. The summed E-state index contributed by atoms with van der Waals surface area (Å²) in [5, 5.41) is 9.03. The summed E-state index contributed by atoms with van der Waals surface area (Å²) in [4.78, 5) is 14.2. The minimum atomic E-state index is -0.255. The second-order valence-electron chi connectivity index (χ2n) is 3.37. The van der Waals surface area contributed by atoms with E-state index in [4.69, 9.17) is 16.7 Å². The first-order valence-corrected chi connectivity index (χ1v) is 5.53. The minimum absolute atomic E-state index is 0.0776. The van der Waals surface area contributed by atoms with Gasteiger partial charge in [-0.3, -0.25) is 9.69 Å². The summed E-state index contributed by atoms with van der Waals surface area (Å²) < 4.78 is 0.636. The van der Waals surface area contributed by atoms with Crippen LogP contribution in [0.5, 0.6) is 0 Å². The van der Waals surface area contributed by atoms with Gasteiger partial charge in [0.15, 0.2) is 5.78 Å². The van der Waals surface area contributed by atoms with Crippen LogP contribution in [-0.2, 0) is 0 Å². The van der Waals surface area contributed by atoms with Crippen molar-refractivity contribution in [1.29, 1.82) is 0 Å². The van der Waals surface area contributed by atoms with Crippen LogP contribution < -0.4 is 0 Å². The number of thiophene rings is 1. The zero-order chi connectivity index (χ0) is 10.1. The van der Waals surface area contributed by atoms with Crippen LogP contribution in [0.1, 0.15) is 9.67 Å². The lowest BCUT2D eigenvalue weighted by atomic mass is 10.1. The molecule has 0 saturated carbocycles. The molecule has 0 atom stereocenters. The van der Waals surface area contributed by atoms with Gasteiger partial charge >= 0.3 is 0 Å². The molecule has 3 nitrogen and oxygen atoms in total. The Morgan fingerprint density at radius 2 is 2.36 bits per heavy atom. The molecular formula is C9H10ClNO2S. The molecule has 0 spiro atoms. The van der Waals surface area contributed by atoms with Gasteiger partial charge < -0.3 is 5.11 Å². The number of Topliss-reactive ketones (excluding diaryl/α,β-unsaturated/α-hetero) is 1. The van der Waals surface area contributed by atoms with Crippen molar-refractivity contribution in [2.75, 3.05) is 19.6 Å². The third-order valence-corrected chi connectivity index (χ3v) is 3.43. The molecule has 0 amide bonds. The molecule has 1 N–H and O–H groups in total. The van der Waals surface area contributed by atoms with Gasteiger partial charge in [-0.25, -0.2) is 0 Å². The van der Waals surface area contributed by atoms with Gasteiger partial charge in [-0.2, -0.15) is 0 Å². The lowest BCUT2D eigenvalue weighted by Crippen LogP contribution is -2.52. The van der Waals surface area contributed by atoms with Gasteiger partial charge in [-0.15, -0.1) is 11.3 Å². The van der Waals surface area contributed by atoms with Crippen molar-refractivity contribution in [3.05, 3.63) is 21.3 Å². The van der Waals surface area contributed by atoms with Crippen molar-refractivity contribution in [2.45, 2.75) is 6.10 Å². The number of carbonyl (C=O) groups excluding carboxylic acids is 1. The number of ketones is 1. The SMILES string of the molecule is O=C(CN1CC(O)C1)c1ccc(Cl)s1. The first-order valence-electron chi connectivity index (χ1n) is 4.34. The number of rotatable bonds is 3. The normalized spacial score (nSPS) is 18.1. The fourth-order valence-electron chi connectivity index (χ4n) is 1.42. The van der Waals surface area contributed by atoms with Crippen LogP contribution in [0.3, 0.4) is 0 Å². The van der Waals surface area contributed by atoms with Gasteiger partial charge in [0.2, 0.25) is 0 Å². The molecule has 5 heteroatoms. The molecule has 1 aliphatic rings. The molecule has 0 aliphatic carbocycles. The van der Waals surface area contributed by atoms with E-state index in [0.717, 1.165) is 0 Å². The number of halogens is 1. The van der Waals surface area contributed by atoms with Gasteiger partial charge in [0.25, 0.3) is 0 Å². The van der Waals surface area contributed by atoms with Crippen molar-refractivity contribution < 1.29 is 9.90 Å². The Morgan fingerprint density at radius 1 is 1.64 bits per heavy atom. The fourth-order valence-corrected chi connectivity index (χ4v) is 2.39. The van der Waals surface area contributed by atoms with Crippen molar-refractivity contribution in [1.82, 2.24) is 4.90 Å². The minimum Gasteiger partial charge on any atom is -0.390 e. The van der Waals surface area contributed by atoms with Crippen LogP contribution >= 0.6 is 22.9 Å². The molecule has 1 fully saturated rings. The van der Waals surface area contributed by atoms with Gasteiger partial charge in [0.1, 0.15) is 0 Å². The molecule has 1 aromatic heterocycles. The second kappa shape index (κ2) is 3.98. The van der Waals surface area contributed by atoms with E-state index in [0.29, 0.717) is 28.8 Å². The fraction of sp³-hybridized carbons (Fsp3) is 0.444. The summed E-state index contributed by atoms with van der Waals surface area (Å²) in [6.45, 7) is 1.59. The molecule has 14 heavy (non-hydrogen) atoms. The van der Waals surface area contributed by atoms with Gasteiger partial charge in [0.05, 0.1) is 21.9 Å².